The number of hydrogen-bond donors (Lipinski definition) is 0. The van der Waals surface area contributed by atoms with Crippen molar-refractivity contribution >= 4 is 30.3 Å². The first-order valence-electron chi connectivity index (χ1n) is 9.80. The molecule has 2 aliphatic heterocycles. The fourth-order valence-electron chi connectivity index (χ4n) is 3.62. The maximum atomic E-state index is 12.5. The maximum Gasteiger partial charge on any atom is 0.246 e. The molecule has 0 unspecified atom stereocenters. The summed E-state index contributed by atoms with van der Waals surface area (Å²) < 4.78 is 10.6. The lowest BCUT2D eigenvalue weighted by atomic mass is 10.1. The molecule has 2 aliphatic rings. The quantitative estimate of drug-likeness (QED) is 0.616. The lowest BCUT2D eigenvalue weighted by molar-refractivity contribution is -0.132. The van der Waals surface area contributed by atoms with Crippen LogP contribution in [-0.4, -0.2) is 92.0 Å². The fraction of sp³-hybridized carbons (Fsp3) is 0.524. The molecule has 30 heavy (non-hydrogen) atoms. The second-order valence-corrected chi connectivity index (χ2v) is 7.13. The highest BCUT2D eigenvalue weighted by Crippen LogP contribution is 2.25. The summed E-state index contributed by atoms with van der Waals surface area (Å²) in [5, 5.41) is 0. The van der Waals surface area contributed by atoms with E-state index in [1.807, 2.05) is 28.0 Å². The summed E-state index contributed by atoms with van der Waals surface area (Å²) in [7, 11) is 3.21. The van der Waals surface area contributed by atoms with Crippen LogP contribution in [0.25, 0.3) is 6.08 Å². The molecule has 0 radical (unpaired) electrons. The van der Waals surface area contributed by atoms with Gasteiger partial charge in [0.1, 0.15) is 11.5 Å². The van der Waals surface area contributed by atoms with Crippen LogP contribution in [0.15, 0.2) is 24.3 Å². The van der Waals surface area contributed by atoms with Crippen LogP contribution in [0.5, 0.6) is 11.5 Å². The number of nitrogens with zero attached hydrogens (tertiary/aromatic N) is 3. The first-order valence-corrected chi connectivity index (χ1v) is 9.80. The van der Waals surface area contributed by atoms with Crippen molar-refractivity contribution in [1.82, 2.24) is 14.7 Å². The number of carbonyl (C=O) groups excluding carboxylic acids is 2. The molecule has 0 aromatic heterocycles. The molecule has 2 heterocycles. The third-order valence-corrected chi connectivity index (χ3v) is 5.34. The first kappa shape index (κ1) is 25.7. The van der Waals surface area contributed by atoms with E-state index in [0.29, 0.717) is 31.1 Å². The molecule has 2 fully saturated rings. The minimum atomic E-state index is -0.0320. The van der Waals surface area contributed by atoms with Crippen LogP contribution in [-0.2, 0) is 9.59 Å². The van der Waals surface area contributed by atoms with E-state index in [9.17, 15) is 9.59 Å². The van der Waals surface area contributed by atoms with Gasteiger partial charge in [0, 0.05) is 50.9 Å². The molecule has 1 aromatic carbocycles. The van der Waals surface area contributed by atoms with Crippen LogP contribution in [0.4, 0.5) is 0 Å². The maximum absolute atomic E-state index is 12.5. The first-order chi connectivity index (χ1) is 13.6. The van der Waals surface area contributed by atoms with Crippen LogP contribution in [0.2, 0.25) is 0 Å². The van der Waals surface area contributed by atoms with Crippen molar-refractivity contribution in [2.24, 2.45) is 0 Å². The average molecular weight is 442 g/mol. The highest BCUT2D eigenvalue weighted by molar-refractivity contribution is 5.92. The van der Waals surface area contributed by atoms with Gasteiger partial charge in [-0.3, -0.25) is 14.5 Å². The van der Waals surface area contributed by atoms with E-state index >= 15 is 0 Å². The zero-order valence-corrected chi connectivity index (χ0v) is 18.5. The van der Waals surface area contributed by atoms with Crippen LogP contribution < -0.4 is 9.47 Å². The normalized spacial score (nSPS) is 16.7. The predicted molar refractivity (Wildman–Crippen MR) is 118 cm³/mol. The van der Waals surface area contributed by atoms with Gasteiger partial charge in [-0.2, -0.15) is 0 Å². The molecule has 2 amide bonds. The highest BCUT2D eigenvalue weighted by Gasteiger charge is 2.24. The van der Waals surface area contributed by atoms with Crippen molar-refractivity contribution in [3.05, 3.63) is 29.8 Å². The SMILES string of the molecule is COc1ccc(OC)c(/C=C/C(=O)N2CCN(CC(=O)N3CCCC3)CC2)c1.Cl.O. The van der Waals surface area contributed by atoms with Gasteiger partial charge in [-0.25, -0.2) is 0 Å². The lowest BCUT2D eigenvalue weighted by Crippen LogP contribution is -2.51. The summed E-state index contributed by atoms with van der Waals surface area (Å²) in [5.41, 5.74) is 0.796. The van der Waals surface area contributed by atoms with Crippen molar-refractivity contribution in [1.29, 1.82) is 0 Å². The monoisotopic (exact) mass is 441 g/mol. The van der Waals surface area contributed by atoms with Gasteiger partial charge in [-0.1, -0.05) is 0 Å². The summed E-state index contributed by atoms with van der Waals surface area (Å²) in [4.78, 5) is 30.7. The second kappa shape index (κ2) is 12.4. The van der Waals surface area contributed by atoms with Crippen LogP contribution in [0, 0.1) is 0 Å². The van der Waals surface area contributed by atoms with Gasteiger partial charge < -0.3 is 24.7 Å². The zero-order valence-electron chi connectivity index (χ0n) is 17.6. The van der Waals surface area contributed by atoms with Crippen LogP contribution in [0.3, 0.4) is 0 Å². The summed E-state index contributed by atoms with van der Waals surface area (Å²) in [6.45, 7) is 4.94. The Morgan fingerprint density at radius 3 is 2.23 bits per heavy atom. The molecular formula is C21H32ClN3O5. The van der Waals surface area contributed by atoms with Crippen LogP contribution in [0.1, 0.15) is 18.4 Å². The molecule has 3 rings (SSSR count). The molecule has 2 N–H and O–H groups in total. The van der Waals surface area contributed by atoms with Crippen LogP contribution >= 0.6 is 12.4 Å². The number of amides is 2. The molecule has 0 bridgehead atoms. The van der Waals surface area contributed by atoms with E-state index in [-0.39, 0.29) is 29.7 Å². The number of ether oxygens (including phenoxy) is 2. The van der Waals surface area contributed by atoms with E-state index in [1.165, 1.54) is 0 Å². The molecule has 2 saturated heterocycles. The van der Waals surface area contributed by atoms with Gasteiger partial charge in [-0.05, 0) is 37.1 Å². The Balaban J connectivity index is 0.00000225. The van der Waals surface area contributed by atoms with Gasteiger partial charge >= 0.3 is 0 Å². The Morgan fingerprint density at radius 2 is 1.63 bits per heavy atom. The minimum Gasteiger partial charge on any atom is -0.497 e. The minimum absolute atomic E-state index is 0. The van der Waals surface area contributed by atoms with E-state index in [4.69, 9.17) is 9.47 Å². The molecular weight excluding hydrogens is 410 g/mol. The lowest BCUT2D eigenvalue weighted by Gasteiger charge is -2.34. The Morgan fingerprint density at radius 1 is 0.967 bits per heavy atom. The van der Waals surface area contributed by atoms with Gasteiger partial charge in [0.2, 0.25) is 11.8 Å². The molecule has 0 atom stereocenters. The van der Waals surface area contributed by atoms with Gasteiger partial charge in [0.05, 0.1) is 20.8 Å². The van der Waals surface area contributed by atoms with Gasteiger partial charge in [0.25, 0.3) is 0 Å². The van der Waals surface area contributed by atoms with Crippen molar-refractivity contribution in [3.63, 3.8) is 0 Å². The third-order valence-electron chi connectivity index (χ3n) is 5.34. The standard InChI is InChI=1S/C21H29N3O4.ClH.H2O/c1-27-18-6-7-19(28-2)17(15-18)5-8-20(25)24-13-11-22(12-14-24)16-21(26)23-9-3-4-10-23;;/h5-8,15H,3-4,9-14,16H2,1-2H3;1H;1H2/b8-5+;;. The Bertz CT molecular complexity index is 729. The Hall–Kier alpha value is -2.29. The number of halogens is 1. The predicted octanol–water partition coefficient (Wildman–Crippen LogP) is 1.08. The third kappa shape index (κ3) is 6.62. The topological polar surface area (TPSA) is 93.8 Å². The molecule has 0 spiro atoms. The average Bonchev–Trinajstić information content (AvgIpc) is 3.27. The number of carbonyl (C=O) groups is 2. The van der Waals surface area contributed by atoms with E-state index in [2.05, 4.69) is 4.90 Å². The molecule has 0 saturated carbocycles. The van der Waals surface area contributed by atoms with E-state index < -0.39 is 0 Å². The van der Waals surface area contributed by atoms with E-state index in [0.717, 1.165) is 44.6 Å². The summed E-state index contributed by atoms with van der Waals surface area (Å²) in [6.07, 6.45) is 5.55. The Kier molecular flexibility index (Phi) is 10.7. The summed E-state index contributed by atoms with van der Waals surface area (Å²) in [6, 6.07) is 5.48. The molecule has 9 heteroatoms. The fourth-order valence-corrected chi connectivity index (χ4v) is 3.62. The summed E-state index contributed by atoms with van der Waals surface area (Å²) in [5.74, 6) is 1.58. The molecule has 168 valence electrons. The second-order valence-electron chi connectivity index (χ2n) is 7.13. The van der Waals surface area contributed by atoms with Crippen molar-refractivity contribution in [2.75, 3.05) is 60.0 Å². The summed E-state index contributed by atoms with van der Waals surface area (Å²) >= 11 is 0. The van der Waals surface area contributed by atoms with Crippen molar-refractivity contribution in [3.8, 4) is 11.5 Å². The number of hydrogen-bond acceptors (Lipinski definition) is 5. The molecule has 0 aliphatic carbocycles. The highest BCUT2D eigenvalue weighted by atomic mass is 35.5. The van der Waals surface area contributed by atoms with Gasteiger partial charge in [0.15, 0.2) is 0 Å². The largest absolute Gasteiger partial charge is 0.497 e. The zero-order chi connectivity index (χ0) is 19.9. The number of rotatable bonds is 6. The van der Waals surface area contributed by atoms with Gasteiger partial charge in [-0.15, -0.1) is 12.4 Å². The number of benzene rings is 1. The number of likely N-dealkylation sites (tertiary alicyclic amines) is 1. The van der Waals surface area contributed by atoms with Crippen molar-refractivity contribution < 1.29 is 24.5 Å². The number of piperazine rings is 1. The Labute approximate surface area is 184 Å². The molecule has 1 aromatic rings. The van der Waals surface area contributed by atoms with Crippen molar-refractivity contribution in [2.45, 2.75) is 12.8 Å². The number of methoxy groups -OCH3 is 2. The molecule has 8 nitrogen and oxygen atoms in total. The van der Waals surface area contributed by atoms with E-state index in [1.54, 1.807) is 26.4 Å². The smallest absolute Gasteiger partial charge is 0.246 e.